The quantitative estimate of drug-likeness (QED) is 0.704. The molecule has 0 fully saturated rings. The summed E-state index contributed by atoms with van der Waals surface area (Å²) >= 11 is 0. The summed E-state index contributed by atoms with van der Waals surface area (Å²) in [4.78, 5) is 20.9. The molecule has 2 aromatic heterocycles. The fourth-order valence-electron chi connectivity index (χ4n) is 2.50. The summed E-state index contributed by atoms with van der Waals surface area (Å²) in [6.07, 6.45) is 6.76. The highest BCUT2D eigenvalue weighted by Crippen LogP contribution is 2.20. The largest absolute Gasteiger partial charge is 0.348 e. The van der Waals surface area contributed by atoms with Gasteiger partial charge in [-0.2, -0.15) is 0 Å². The van der Waals surface area contributed by atoms with Crippen LogP contribution in [-0.4, -0.2) is 34.1 Å². The Hall–Kier alpha value is -3.00. The molecule has 1 aromatic carbocycles. The zero-order valence-corrected chi connectivity index (χ0v) is 15.8. The standard InChI is InChI=1S/C19H20N4O3S/c1-14(2)27(25,26)17-6-4-3-5-16(17)19(24)22-12-15-7-8-18(21-11-15)23-10-9-20-13-23/h3-11,13-14H,12H2,1-2H3,(H,22,24). The van der Waals surface area contributed by atoms with Crippen molar-refractivity contribution in [1.29, 1.82) is 0 Å². The number of nitrogens with zero attached hydrogens (tertiary/aromatic N) is 3. The number of carbonyl (C=O) groups is 1. The van der Waals surface area contributed by atoms with Crippen molar-refractivity contribution in [3.8, 4) is 5.82 Å². The van der Waals surface area contributed by atoms with Crippen molar-refractivity contribution in [3.05, 3.63) is 72.4 Å². The molecule has 8 heteroatoms. The molecule has 27 heavy (non-hydrogen) atoms. The van der Waals surface area contributed by atoms with E-state index in [1.54, 1.807) is 55.5 Å². The van der Waals surface area contributed by atoms with Crippen molar-refractivity contribution in [1.82, 2.24) is 19.9 Å². The van der Waals surface area contributed by atoms with Crippen LogP contribution in [0.4, 0.5) is 0 Å². The molecular weight excluding hydrogens is 364 g/mol. The van der Waals surface area contributed by atoms with E-state index in [0.717, 1.165) is 11.4 Å². The van der Waals surface area contributed by atoms with Crippen molar-refractivity contribution in [3.63, 3.8) is 0 Å². The predicted octanol–water partition coefficient (Wildman–Crippen LogP) is 2.38. The zero-order chi connectivity index (χ0) is 19.4. The normalized spacial score (nSPS) is 11.5. The topological polar surface area (TPSA) is 94.0 Å². The average Bonchev–Trinajstić information content (AvgIpc) is 3.21. The molecule has 0 atom stereocenters. The molecule has 0 aliphatic heterocycles. The summed E-state index contributed by atoms with van der Waals surface area (Å²) in [5.41, 5.74) is 0.950. The first-order valence-corrected chi connectivity index (χ1v) is 9.98. The van der Waals surface area contributed by atoms with E-state index in [0.29, 0.717) is 0 Å². The number of amides is 1. The molecule has 7 nitrogen and oxygen atoms in total. The van der Waals surface area contributed by atoms with E-state index >= 15 is 0 Å². The van der Waals surface area contributed by atoms with Crippen LogP contribution in [0.3, 0.4) is 0 Å². The van der Waals surface area contributed by atoms with Gasteiger partial charge in [0.2, 0.25) is 0 Å². The molecule has 0 saturated carbocycles. The van der Waals surface area contributed by atoms with Gasteiger partial charge in [0.15, 0.2) is 9.84 Å². The van der Waals surface area contributed by atoms with Gasteiger partial charge in [-0.25, -0.2) is 18.4 Å². The molecule has 140 valence electrons. The van der Waals surface area contributed by atoms with E-state index in [2.05, 4.69) is 15.3 Å². The molecule has 3 aromatic rings. The average molecular weight is 384 g/mol. The Labute approximate surface area is 158 Å². The zero-order valence-electron chi connectivity index (χ0n) is 15.0. The second-order valence-corrected chi connectivity index (χ2v) is 8.74. The number of benzene rings is 1. The van der Waals surface area contributed by atoms with Crippen molar-refractivity contribution >= 4 is 15.7 Å². The van der Waals surface area contributed by atoms with Crippen LogP contribution in [0.1, 0.15) is 29.8 Å². The van der Waals surface area contributed by atoms with Gasteiger partial charge < -0.3 is 5.32 Å². The summed E-state index contributed by atoms with van der Waals surface area (Å²) < 4.78 is 26.7. The Morgan fingerprint density at radius 3 is 2.59 bits per heavy atom. The van der Waals surface area contributed by atoms with Gasteiger partial charge in [-0.15, -0.1) is 0 Å². The molecule has 3 rings (SSSR count). The highest BCUT2D eigenvalue weighted by molar-refractivity contribution is 7.92. The minimum Gasteiger partial charge on any atom is -0.348 e. The third-order valence-electron chi connectivity index (χ3n) is 4.09. The van der Waals surface area contributed by atoms with Crippen molar-refractivity contribution in [2.45, 2.75) is 30.5 Å². The number of nitrogens with one attached hydrogen (secondary N) is 1. The maximum absolute atomic E-state index is 12.6. The molecule has 0 bridgehead atoms. The van der Waals surface area contributed by atoms with Crippen LogP contribution in [0, 0.1) is 0 Å². The summed E-state index contributed by atoms with van der Waals surface area (Å²) in [5, 5.41) is 2.15. The van der Waals surface area contributed by atoms with Crippen LogP contribution in [0.2, 0.25) is 0 Å². The molecule has 1 amide bonds. The van der Waals surface area contributed by atoms with Crippen molar-refractivity contribution < 1.29 is 13.2 Å². The SMILES string of the molecule is CC(C)S(=O)(=O)c1ccccc1C(=O)NCc1ccc(-n2ccnc2)nc1. The molecule has 0 saturated heterocycles. The number of sulfone groups is 1. The Balaban J connectivity index is 1.74. The molecule has 0 radical (unpaired) electrons. The number of rotatable bonds is 6. The molecule has 0 aliphatic rings. The Kier molecular flexibility index (Phi) is 5.36. The molecule has 2 heterocycles. The van der Waals surface area contributed by atoms with E-state index in [1.807, 2.05) is 12.1 Å². The van der Waals surface area contributed by atoms with E-state index in [4.69, 9.17) is 0 Å². The lowest BCUT2D eigenvalue weighted by Gasteiger charge is -2.13. The fraction of sp³-hybridized carbons (Fsp3) is 0.211. The second kappa shape index (κ2) is 7.71. The second-order valence-electron chi connectivity index (χ2n) is 6.27. The lowest BCUT2D eigenvalue weighted by molar-refractivity contribution is 0.0947. The summed E-state index contributed by atoms with van der Waals surface area (Å²) in [6.45, 7) is 3.43. The predicted molar refractivity (Wildman–Crippen MR) is 101 cm³/mol. The van der Waals surface area contributed by atoms with Gasteiger partial charge in [-0.1, -0.05) is 18.2 Å². The molecule has 0 spiro atoms. The highest BCUT2D eigenvalue weighted by Gasteiger charge is 2.25. The number of imidazole rings is 1. The lowest BCUT2D eigenvalue weighted by atomic mass is 10.2. The maximum Gasteiger partial charge on any atom is 0.252 e. The lowest BCUT2D eigenvalue weighted by Crippen LogP contribution is -2.26. The van der Waals surface area contributed by atoms with E-state index in [-0.39, 0.29) is 17.0 Å². The number of hydrogen-bond donors (Lipinski definition) is 1. The smallest absolute Gasteiger partial charge is 0.252 e. The van der Waals surface area contributed by atoms with Crippen LogP contribution >= 0.6 is 0 Å². The minimum atomic E-state index is -3.55. The first-order chi connectivity index (χ1) is 12.9. The van der Waals surface area contributed by atoms with Crippen LogP contribution in [0.5, 0.6) is 0 Å². The maximum atomic E-state index is 12.6. The Morgan fingerprint density at radius 2 is 1.96 bits per heavy atom. The monoisotopic (exact) mass is 384 g/mol. The van der Waals surface area contributed by atoms with Gasteiger partial charge in [0, 0.05) is 25.1 Å². The van der Waals surface area contributed by atoms with Gasteiger partial charge in [-0.3, -0.25) is 9.36 Å². The first-order valence-electron chi connectivity index (χ1n) is 8.44. The van der Waals surface area contributed by atoms with Gasteiger partial charge in [0.1, 0.15) is 12.1 Å². The highest BCUT2D eigenvalue weighted by atomic mass is 32.2. The third kappa shape index (κ3) is 4.06. The molecule has 0 aliphatic carbocycles. The van der Waals surface area contributed by atoms with Crippen LogP contribution < -0.4 is 5.32 Å². The van der Waals surface area contributed by atoms with Crippen LogP contribution in [-0.2, 0) is 16.4 Å². The first kappa shape index (κ1) is 18.8. The van der Waals surface area contributed by atoms with Gasteiger partial charge in [-0.05, 0) is 37.6 Å². The Morgan fingerprint density at radius 1 is 1.19 bits per heavy atom. The van der Waals surface area contributed by atoms with Crippen LogP contribution in [0.15, 0.2) is 66.2 Å². The Bertz CT molecular complexity index is 1030. The van der Waals surface area contributed by atoms with E-state index < -0.39 is 21.0 Å². The fourth-order valence-corrected chi connectivity index (χ4v) is 3.75. The molecule has 1 N–H and O–H groups in total. The van der Waals surface area contributed by atoms with Crippen LogP contribution in [0.25, 0.3) is 5.82 Å². The summed E-state index contributed by atoms with van der Waals surface area (Å²) in [7, 11) is -3.55. The number of hydrogen-bond acceptors (Lipinski definition) is 5. The van der Waals surface area contributed by atoms with Gasteiger partial charge >= 0.3 is 0 Å². The van der Waals surface area contributed by atoms with E-state index in [1.165, 1.54) is 12.1 Å². The number of pyridine rings is 1. The van der Waals surface area contributed by atoms with Gasteiger partial charge in [0.05, 0.1) is 15.7 Å². The number of aromatic nitrogens is 3. The number of carbonyl (C=O) groups excluding carboxylic acids is 1. The molecule has 0 unspecified atom stereocenters. The molecular formula is C19H20N4O3S. The summed E-state index contributed by atoms with van der Waals surface area (Å²) in [6, 6.07) is 9.91. The van der Waals surface area contributed by atoms with E-state index in [9.17, 15) is 13.2 Å². The summed E-state index contributed by atoms with van der Waals surface area (Å²) in [5.74, 6) is 0.282. The van der Waals surface area contributed by atoms with Crippen molar-refractivity contribution in [2.75, 3.05) is 0 Å². The van der Waals surface area contributed by atoms with Crippen molar-refractivity contribution in [2.24, 2.45) is 0 Å². The van der Waals surface area contributed by atoms with Gasteiger partial charge in [0.25, 0.3) is 5.91 Å². The minimum absolute atomic E-state index is 0.0473. The third-order valence-corrected chi connectivity index (χ3v) is 6.30.